The summed E-state index contributed by atoms with van der Waals surface area (Å²) >= 11 is 4.27. The van der Waals surface area contributed by atoms with Crippen LogP contribution in [0.15, 0.2) is 77.0 Å². The molecule has 0 heterocycles. The topological polar surface area (TPSA) is 12.0 Å². The molecule has 0 spiro atoms. The molecule has 1 aromatic carbocycles. The normalized spacial score (nSPS) is 13.8. The second-order valence-electron chi connectivity index (χ2n) is 6.14. The van der Waals surface area contributed by atoms with Crippen molar-refractivity contribution < 1.29 is 0 Å². The van der Waals surface area contributed by atoms with Gasteiger partial charge >= 0.3 is 0 Å². The summed E-state index contributed by atoms with van der Waals surface area (Å²) in [7, 11) is 6.43. The zero-order valence-electron chi connectivity index (χ0n) is 17.2. The highest BCUT2D eigenvalue weighted by molar-refractivity contribution is 7.78. The van der Waals surface area contributed by atoms with Crippen molar-refractivity contribution >= 4 is 20.7 Å². The highest BCUT2D eigenvalue weighted by atomic mass is 32.1. The fourth-order valence-electron chi connectivity index (χ4n) is 2.41. The van der Waals surface area contributed by atoms with E-state index in [2.05, 4.69) is 61.1 Å². The fraction of sp³-hybridized carbons (Fsp3) is 0.280. The van der Waals surface area contributed by atoms with E-state index in [9.17, 15) is 0 Å². The molecule has 1 N–H and O–H groups in total. The Morgan fingerprint density at radius 1 is 1.14 bits per heavy atom. The van der Waals surface area contributed by atoms with Crippen LogP contribution in [0.25, 0.3) is 0 Å². The number of hydrogen-bond acceptors (Lipinski definition) is 2. The summed E-state index contributed by atoms with van der Waals surface area (Å²) in [5, 5.41) is 0. The summed E-state index contributed by atoms with van der Waals surface area (Å²) in [6.45, 7) is 8.14. The zero-order valence-corrected chi connectivity index (χ0v) is 18.1. The molecule has 0 aliphatic heterocycles. The van der Waals surface area contributed by atoms with Crippen molar-refractivity contribution in [1.29, 1.82) is 0 Å². The quantitative estimate of drug-likeness (QED) is 0.275. The molecule has 0 aliphatic rings. The van der Waals surface area contributed by atoms with Gasteiger partial charge < -0.3 is 4.72 Å². The molecule has 2 radical (unpaired) electrons. The highest BCUT2D eigenvalue weighted by Crippen LogP contribution is 2.18. The molecule has 0 aliphatic carbocycles. The lowest BCUT2D eigenvalue weighted by atomic mass is 9.81. The minimum absolute atomic E-state index is 0.140. The van der Waals surface area contributed by atoms with Gasteiger partial charge in [-0.2, -0.15) is 0 Å². The van der Waals surface area contributed by atoms with Crippen molar-refractivity contribution in [1.82, 2.24) is 4.72 Å². The molecule has 1 rings (SSSR count). The number of rotatable bonds is 6. The van der Waals surface area contributed by atoms with Crippen LogP contribution in [-0.2, 0) is 0 Å². The Balaban J connectivity index is 3.24. The van der Waals surface area contributed by atoms with Gasteiger partial charge in [-0.05, 0) is 38.8 Å². The van der Waals surface area contributed by atoms with Crippen LogP contribution in [0.1, 0.15) is 46.1 Å². The van der Waals surface area contributed by atoms with Crippen LogP contribution in [0, 0.1) is 29.6 Å². The fourth-order valence-corrected chi connectivity index (χ4v) is 2.66. The van der Waals surface area contributed by atoms with E-state index in [4.69, 9.17) is 7.85 Å². The lowest BCUT2D eigenvalue weighted by molar-refractivity contribution is 0.929. The van der Waals surface area contributed by atoms with E-state index in [1.807, 2.05) is 62.4 Å². The SMILES string of the molecule is [B]/C(=C(NS)/C(C#Cc1ccccc1)=C\CC)C(C)C#CC(/C=C\C)=C/CC. The minimum Gasteiger partial charge on any atom is -0.332 e. The Labute approximate surface area is 178 Å². The minimum atomic E-state index is -0.140. The smallest absolute Gasteiger partial charge is 0.112 e. The summed E-state index contributed by atoms with van der Waals surface area (Å²) in [6, 6.07) is 9.88. The highest BCUT2D eigenvalue weighted by Gasteiger charge is 2.10. The average molecular weight is 385 g/mol. The van der Waals surface area contributed by atoms with Gasteiger partial charge in [0.05, 0.1) is 0 Å². The number of allylic oxidation sites excluding steroid dienone is 7. The summed E-state index contributed by atoms with van der Waals surface area (Å²) < 4.78 is 2.92. The van der Waals surface area contributed by atoms with Crippen molar-refractivity contribution in [3.05, 3.63) is 82.5 Å². The first-order valence-electron chi connectivity index (χ1n) is 9.59. The molecule has 28 heavy (non-hydrogen) atoms. The van der Waals surface area contributed by atoms with Crippen LogP contribution >= 0.6 is 12.8 Å². The molecule has 1 nitrogen and oxygen atoms in total. The Kier molecular flexibility index (Phi) is 11.5. The maximum absolute atomic E-state index is 6.43. The van der Waals surface area contributed by atoms with Crippen molar-refractivity contribution in [3.63, 3.8) is 0 Å². The molecular weight excluding hydrogens is 357 g/mol. The third kappa shape index (κ3) is 8.04. The lowest BCUT2D eigenvalue weighted by Crippen LogP contribution is -2.11. The summed E-state index contributed by atoms with van der Waals surface area (Å²) in [6.07, 6.45) is 9.93. The Morgan fingerprint density at radius 2 is 1.82 bits per heavy atom. The molecule has 0 bridgehead atoms. The second kappa shape index (κ2) is 13.6. The van der Waals surface area contributed by atoms with Gasteiger partial charge in [0.1, 0.15) is 7.85 Å². The first kappa shape index (κ1) is 23.6. The van der Waals surface area contributed by atoms with E-state index in [1.165, 1.54) is 0 Å². The molecular formula is C25H28BNS. The van der Waals surface area contributed by atoms with E-state index >= 15 is 0 Å². The third-order valence-corrected chi connectivity index (χ3v) is 4.09. The molecule has 0 fully saturated rings. The van der Waals surface area contributed by atoms with Gasteiger partial charge in [0.25, 0.3) is 0 Å². The molecule has 1 atom stereocenters. The summed E-state index contributed by atoms with van der Waals surface area (Å²) in [5.74, 6) is 12.7. The molecule has 142 valence electrons. The van der Waals surface area contributed by atoms with Gasteiger partial charge in [-0.1, -0.05) is 98.3 Å². The summed E-state index contributed by atoms with van der Waals surface area (Å²) in [5.41, 5.74) is 4.11. The van der Waals surface area contributed by atoms with Crippen LogP contribution in [0.4, 0.5) is 0 Å². The number of thiol groups is 1. The largest absolute Gasteiger partial charge is 0.332 e. The van der Waals surface area contributed by atoms with Crippen LogP contribution in [0.5, 0.6) is 0 Å². The van der Waals surface area contributed by atoms with Gasteiger partial charge in [-0.25, -0.2) is 0 Å². The third-order valence-electron chi connectivity index (χ3n) is 3.86. The van der Waals surface area contributed by atoms with Gasteiger partial charge in [0, 0.05) is 28.3 Å². The second-order valence-corrected chi connectivity index (χ2v) is 6.37. The van der Waals surface area contributed by atoms with Crippen LogP contribution in [-0.4, -0.2) is 7.85 Å². The van der Waals surface area contributed by atoms with Crippen molar-refractivity contribution in [2.24, 2.45) is 5.92 Å². The van der Waals surface area contributed by atoms with Crippen LogP contribution in [0.3, 0.4) is 0 Å². The van der Waals surface area contributed by atoms with Crippen molar-refractivity contribution in [2.45, 2.75) is 40.5 Å². The first-order valence-corrected chi connectivity index (χ1v) is 10.0. The molecule has 1 aromatic rings. The number of nitrogens with one attached hydrogen (secondary N) is 1. The van der Waals surface area contributed by atoms with E-state index in [0.717, 1.165) is 29.6 Å². The van der Waals surface area contributed by atoms with Crippen LogP contribution in [0.2, 0.25) is 0 Å². The Bertz CT molecular complexity index is 868. The average Bonchev–Trinajstić information content (AvgIpc) is 2.71. The Morgan fingerprint density at radius 3 is 2.39 bits per heavy atom. The standard InChI is InChI=1S/C25H28BNS/c1-5-11-21(12-6-2)17-16-20(4)24(26)25(27-28)23(13-7-3)19-18-22-14-9-8-10-15-22/h5,8-15,20,27-28H,6-7H2,1-4H3/b11-5-,21-12+,23-13-,25-24-. The van der Waals surface area contributed by atoms with Crippen molar-refractivity contribution in [3.8, 4) is 23.7 Å². The predicted molar refractivity (Wildman–Crippen MR) is 127 cm³/mol. The first-order chi connectivity index (χ1) is 13.6. The molecule has 1 unspecified atom stereocenters. The van der Waals surface area contributed by atoms with Gasteiger partial charge in [-0.3, -0.25) is 0 Å². The monoisotopic (exact) mass is 385 g/mol. The molecule has 0 amide bonds. The zero-order chi connectivity index (χ0) is 20.8. The molecule has 3 heteroatoms. The number of hydrogen-bond donors (Lipinski definition) is 2. The molecule has 0 aromatic heterocycles. The van der Waals surface area contributed by atoms with Gasteiger partial charge in [0.15, 0.2) is 0 Å². The van der Waals surface area contributed by atoms with Crippen LogP contribution < -0.4 is 4.72 Å². The van der Waals surface area contributed by atoms with E-state index < -0.39 is 0 Å². The molecule has 0 saturated heterocycles. The predicted octanol–water partition coefficient (Wildman–Crippen LogP) is 5.74. The van der Waals surface area contributed by atoms with Gasteiger partial charge in [0.2, 0.25) is 0 Å². The number of benzene rings is 1. The van der Waals surface area contributed by atoms with Gasteiger partial charge in [-0.15, -0.1) is 0 Å². The van der Waals surface area contributed by atoms with Crippen molar-refractivity contribution in [2.75, 3.05) is 0 Å². The Hall–Kier alpha value is -2.49. The lowest BCUT2D eigenvalue weighted by Gasteiger charge is -2.14. The van der Waals surface area contributed by atoms with E-state index in [0.29, 0.717) is 11.2 Å². The molecule has 0 saturated carbocycles. The maximum Gasteiger partial charge on any atom is 0.112 e. The maximum atomic E-state index is 6.43. The van der Waals surface area contributed by atoms with E-state index in [-0.39, 0.29) is 5.92 Å². The summed E-state index contributed by atoms with van der Waals surface area (Å²) in [4.78, 5) is 0. The van der Waals surface area contributed by atoms with E-state index in [1.54, 1.807) is 0 Å².